The van der Waals surface area contributed by atoms with Gasteiger partial charge >= 0.3 is 12.0 Å². The molecule has 13 nitrogen and oxygen atoms in total. The third kappa shape index (κ3) is 6.33. The number of hydrogen-bond donors (Lipinski definition) is 4. The number of hydrogen-bond acceptors (Lipinski definition) is 9. The molecule has 3 aliphatic rings. The van der Waals surface area contributed by atoms with Crippen molar-refractivity contribution in [2.75, 3.05) is 28.6 Å². The second kappa shape index (κ2) is 13.2. The summed E-state index contributed by atoms with van der Waals surface area (Å²) in [4.78, 5) is 48.2. The van der Waals surface area contributed by atoms with Gasteiger partial charge in [-0.3, -0.25) is 10.1 Å². The number of anilines is 3. The van der Waals surface area contributed by atoms with Gasteiger partial charge in [-0.05, 0) is 25.5 Å². The van der Waals surface area contributed by atoms with E-state index >= 15 is 0 Å². The van der Waals surface area contributed by atoms with Gasteiger partial charge in [-0.1, -0.05) is 60.2 Å². The molecule has 0 aliphatic carbocycles. The lowest BCUT2D eigenvalue weighted by Gasteiger charge is -2.32. The molecule has 3 amide bonds. The Balaban J connectivity index is 1.30. The molecule has 6 rings (SSSR count). The number of carboxylic acids is 1. The molecule has 5 atom stereocenters. The maximum absolute atomic E-state index is 13.3. The molecule has 234 valence electrons. The number of carbonyl (C=O) groups is 3. The summed E-state index contributed by atoms with van der Waals surface area (Å²) in [6.45, 7) is 2.67. The Hall–Kier alpha value is -4.56. The minimum Gasteiger partial charge on any atom is -0.478 e. The number of ether oxygens (including phenoxy) is 3. The van der Waals surface area contributed by atoms with Crippen LogP contribution in [0.15, 0.2) is 67.0 Å². The Kier molecular flexibility index (Phi) is 8.94. The van der Waals surface area contributed by atoms with Crippen LogP contribution in [0.1, 0.15) is 41.1 Å². The third-order valence-electron chi connectivity index (χ3n) is 7.68. The summed E-state index contributed by atoms with van der Waals surface area (Å²) in [7, 11) is 0. The highest BCUT2D eigenvalue weighted by Gasteiger charge is 2.55. The van der Waals surface area contributed by atoms with Crippen molar-refractivity contribution in [3.63, 3.8) is 0 Å². The van der Waals surface area contributed by atoms with E-state index in [1.54, 1.807) is 0 Å². The van der Waals surface area contributed by atoms with Crippen LogP contribution in [-0.4, -0.2) is 70.6 Å². The number of aromatic nitrogens is 2. The Bertz CT molecular complexity index is 1620. The molecule has 2 fully saturated rings. The lowest BCUT2D eigenvalue weighted by molar-refractivity contribution is -0.139. The molecule has 3 aliphatic heterocycles. The van der Waals surface area contributed by atoms with Crippen LogP contribution in [0.5, 0.6) is 0 Å². The van der Waals surface area contributed by atoms with Crippen LogP contribution in [-0.2, 0) is 25.4 Å². The van der Waals surface area contributed by atoms with Gasteiger partial charge in [0.15, 0.2) is 12.5 Å². The Morgan fingerprint density at radius 3 is 2.58 bits per heavy atom. The number of halogens is 1. The number of rotatable bonds is 8. The van der Waals surface area contributed by atoms with Crippen LogP contribution in [0, 0.1) is 0 Å². The molecule has 0 spiro atoms. The molecular formula is C31H31ClN6O7. The molecule has 14 heteroatoms. The van der Waals surface area contributed by atoms with E-state index in [1.165, 1.54) is 24.5 Å². The molecular weight excluding hydrogens is 604 g/mol. The number of fused-ring (bicyclic) bond motifs is 2. The van der Waals surface area contributed by atoms with E-state index in [0.717, 1.165) is 5.56 Å². The monoisotopic (exact) mass is 634 g/mol. The summed E-state index contributed by atoms with van der Waals surface area (Å²) in [5.74, 6) is -0.815. The van der Waals surface area contributed by atoms with E-state index in [9.17, 15) is 19.5 Å². The molecule has 45 heavy (non-hydrogen) atoms. The molecule has 0 bridgehead atoms. The quantitative estimate of drug-likeness (QED) is 0.265. The predicted octanol–water partition coefficient (Wildman–Crippen LogP) is 4.12. The first-order valence-electron chi connectivity index (χ1n) is 14.5. The van der Waals surface area contributed by atoms with Crippen molar-refractivity contribution in [2.24, 2.45) is 0 Å². The summed E-state index contributed by atoms with van der Waals surface area (Å²) in [6, 6.07) is 13.4. The average molecular weight is 635 g/mol. The molecule has 0 saturated carbocycles. The number of nitrogens with zero attached hydrogens (tertiary/aromatic N) is 3. The van der Waals surface area contributed by atoms with E-state index in [4.69, 9.17) is 25.8 Å². The van der Waals surface area contributed by atoms with Crippen LogP contribution in [0.2, 0.25) is 5.02 Å². The van der Waals surface area contributed by atoms with Crippen molar-refractivity contribution in [3.05, 3.63) is 88.7 Å². The Morgan fingerprint density at radius 2 is 1.80 bits per heavy atom. The first-order chi connectivity index (χ1) is 21.8. The molecule has 4 heterocycles. The van der Waals surface area contributed by atoms with Gasteiger partial charge in [0.05, 0.1) is 28.8 Å². The zero-order valence-corrected chi connectivity index (χ0v) is 24.9. The van der Waals surface area contributed by atoms with Gasteiger partial charge in [0.2, 0.25) is 5.91 Å². The first kappa shape index (κ1) is 30.5. The fourth-order valence-electron chi connectivity index (χ4n) is 5.68. The number of amides is 3. The maximum atomic E-state index is 13.3. The van der Waals surface area contributed by atoms with Gasteiger partial charge in [0, 0.05) is 24.2 Å². The fourth-order valence-corrected chi connectivity index (χ4v) is 5.90. The molecule has 3 aromatic rings. The molecule has 4 N–H and O–H groups in total. The van der Waals surface area contributed by atoms with Crippen molar-refractivity contribution in [1.82, 2.24) is 15.3 Å². The van der Waals surface area contributed by atoms with Crippen LogP contribution < -0.4 is 20.9 Å². The number of urea groups is 1. The van der Waals surface area contributed by atoms with Crippen molar-refractivity contribution in [2.45, 2.75) is 50.6 Å². The summed E-state index contributed by atoms with van der Waals surface area (Å²) >= 11 is 6.25. The summed E-state index contributed by atoms with van der Waals surface area (Å²) in [6.07, 6.45) is 2.11. The predicted molar refractivity (Wildman–Crippen MR) is 164 cm³/mol. The first-order valence-corrected chi connectivity index (χ1v) is 14.8. The molecule has 2 aromatic carbocycles. The van der Waals surface area contributed by atoms with E-state index in [2.05, 4.69) is 25.9 Å². The van der Waals surface area contributed by atoms with Crippen LogP contribution >= 0.6 is 11.6 Å². The van der Waals surface area contributed by atoms with Gasteiger partial charge in [-0.25, -0.2) is 19.6 Å². The number of nitrogens with one attached hydrogen (secondary N) is 3. The topological polar surface area (TPSA) is 164 Å². The average Bonchev–Trinajstić information content (AvgIpc) is 3.52. The van der Waals surface area contributed by atoms with E-state index in [0.29, 0.717) is 36.7 Å². The maximum Gasteiger partial charge on any atom is 0.337 e. The zero-order chi connectivity index (χ0) is 31.5. The molecule has 0 radical (unpaired) electrons. The molecule has 2 saturated heterocycles. The lowest BCUT2D eigenvalue weighted by Crippen LogP contribution is -2.44. The minimum absolute atomic E-state index is 0.00365. The lowest BCUT2D eigenvalue weighted by atomic mass is 10.1. The summed E-state index contributed by atoms with van der Waals surface area (Å²) in [5, 5.41) is 17.9. The van der Waals surface area contributed by atoms with Crippen molar-refractivity contribution in [1.29, 1.82) is 0 Å². The number of aromatic carboxylic acids is 1. The molecule has 1 aromatic heterocycles. The smallest absolute Gasteiger partial charge is 0.337 e. The highest BCUT2D eigenvalue weighted by atomic mass is 35.5. The van der Waals surface area contributed by atoms with Crippen LogP contribution in [0.3, 0.4) is 0 Å². The van der Waals surface area contributed by atoms with Gasteiger partial charge in [-0.2, -0.15) is 0 Å². The van der Waals surface area contributed by atoms with Gasteiger partial charge in [0.25, 0.3) is 0 Å². The minimum atomic E-state index is -1.22. The van der Waals surface area contributed by atoms with Crippen molar-refractivity contribution >= 4 is 46.8 Å². The van der Waals surface area contributed by atoms with Crippen LogP contribution in [0.4, 0.5) is 22.1 Å². The van der Waals surface area contributed by atoms with E-state index in [-0.39, 0.29) is 28.7 Å². The van der Waals surface area contributed by atoms with Gasteiger partial charge < -0.3 is 34.9 Å². The number of carbonyl (C=O) groups excluding carboxylic acids is 2. The zero-order valence-electron chi connectivity index (χ0n) is 24.2. The highest BCUT2D eigenvalue weighted by molar-refractivity contribution is 6.34. The van der Waals surface area contributed by atoms with E-state index in [1.807, 2.05) is 54.3 Å². The largest absolute Gasteiger partial charge is 0.478 e. The number of carboxylic acid groups (broad SMARTS) is 1. The number of allylic oxidation sites excluding steroid dienone is 1. The van der Waals surface area contributed by atoms with Gasteiger partial charge in [-0.15, -0.1) is 0 Å². The Labute approximate surface area is 263 Å². The van der Waals surface area contributed by atoms with E-state index < -0.39 is 42.7 Å². The highest BCUT2D eigenvalue weighted by Crippen LogP contribution is 2.44. The number of para-hydroxylation sites is 1. The SMILES string of the molecule is CCNC(=O)Nc1ncnc2c1CC=CCN2C1OC(CC(=O)Nc2c(Cl)cccc2C(=O)O)C2O[C@H](c3ccccc3)OC21. The Morgan fingerprint density at radius 1 is 1.00 bits per heavy atom. The molecule has 4 unspecified atom stereocenters. The standard InChI is InChI=1S/C31H31ClN6O7/c1-2-33-31(42)37-26-19-11-6-7-14-38(27(19)35-16-34-26)28-25-24(44-30(45-25)17-9-4-3-5-10-17)21(43-28)15-22(39)36-23-18(29(40)41)12-8-13-20(23)32/h3-10,12-13,16,21,24-25,28,30H,2,11,14-15H2,1H3,(H,36,39)(H,40,41)(H2,33,34,35,37,42)/t21?,24?,25?,28?,30-/m0/s1. The normalized spacial score (nSPS) is 23.5. The number of benzene rings is 2. The second-order valence-corrected chi connectivity index (χ2v) is 11.0. The summed E-state index contributed by atoms with van der Waals surface area (Å²) in [5.41, 5.74) is 1.37. The van der Waals surface area contributed by atoms with Crippen LogP contribution in [0.25, 0.3) is 0 Å². The fraction of sp³-hybridized carbons (Fsp3) is 0.323. The van der Waals surface area contributed by atoms with Gasteiger partial charge in [0.1, 0.15) is 30.2 Å². The second-order valence-electron chi connectivity index (χ2n) is 10.6. The van der Waals surface area contributed by atoms with Crippen molar-refractivity contribution in [3.8, 4) is 0 Å². The third-order valence-corrected chi connectivity index (χ3v) is 7.99. The van der Waals surface area contributed by atoms with Crippen molar-refractivity contribution < 1.29 is 33.7 Å². The summed E-state index contributed by atoms with van der Waals surface area (Å²) < 4.78 is 19.3.